The van der Waals surface area contributed by atoms with Crippen LogP contribution in [0.3, 0.4) is 0 Å². The summed E-state index contributed by atoms with van der Waals surface area (Å²) in [6.45, 7) is 5.28. The lowest BCUT2D eigenvalue weighted by atomic mass is 10.0. The fourth-order valence-corrected chi connectivity index (χ4v) is 1.80. The largest absolute Gasteiger partial charge is 0.381 e. The van der Waals surface area contributed by atoms with E-state index in [1.54, 1.807) is 0 Å². The highest BCUT2D eigenvalue weighted by molar-refractivity contribution is 5.79. The van der Waals surface area contributed by atoms with Crippen molar-refractivity contribution in [2.75, 3.05) is 20.3 Å². The van der Waals surface area contributed by atoms with Crippen LogP contribution in [-0.2, 0) is 9.53 Å². The summed E-state index contributed by atoms with van der Waals surface area (Å²) in [5.74, 6) is 0.0507. The highest BCUT2D eigenvalue weighted by Crippen LogP contribution is 2.16. The zero-order valence-electron chi connectivity index (χ0n) is 9.90. The quantitative estimate of drug-likeness (QED) is 0.749. The van der Waals surface area contributed by atoms with Crippen molar-refractivity contribution in [2.45, 2.75) is 38.8 Å². The second kappa shape index (κ2) is 5.47. The van der Waals surface area contributed by atoms with Crippen molar-refractivity contribution < 1.29 is 9.53 Å². The number of carbonyl (C=O) groups excluding carboxylic acids is 1. The Labute approximate surface area is 91.8 Å². The molecule has 0 aromatic carbocycles. The van der Waals surface area contributed by atoms with Crippen LogP contribution in [0.1, 0.15) is 26.7 Å². The lowest BCUT2D eigenvalue weighted by Crippen LogP contribution is -2.46. The van der Waals surface area contributed by atoms with Gasteiger partial charge in [0.2, 0.25) is 5.91 Å². The molecular weight excluding hydrogens is 192 g/mol. The number of nitrogens with zero attached hydrogens (tertiary/aromatic N) is 1. The van der Waals surface area contributed by atoms with Gasteiger partial charge in [0.25, 0.3) is 0 Å². The Morgan fingerprint density at radius 2 is 1.93 bits per heavy atom. The summed E-state index contributed by atoms with van der Waals surface area (Å²) in [5, 5.41) is 0. The van der Waals surface area contributed by atoms with E-state index < -0.39 is 0 Å². The molecular formula is C11H22N2O2. The van der Waals surface area contributed by atoms with Gasteiger partial charge >= 0.3 is 0 Å². The van der Waals surface area contributed by atoms with Crippen molar-refractivity contribution in [3.05, 3.63) is 0 Å². The molecule has 1 rings (SSSR count). The van der Waals surface area contributed by atoms with Gasteiger partial charge in [0.1, 0.15) is 0 Å². The van der Waals surface area contributed by atoms with Gasteiger partial charge in [-0.2, -0.15) is 0 Å². The minimum absolute atomic E-state index is 0.0835. The molecule has 0 aliphatic carbocycles. The summed E-state index contributed by atoms with van der Waals surface area (Å²) in [7, 11) is 1.87. The first kappa shape index (κ1) is 12.5. The van der Waals surface area contributed by atoms with Crippen LogP contribution in [0.15, 0.2) is 0 Å². The van der Waals surface area contributed by atoms with Crippen LogP contribution in [0.25, 0.3) is 0 Å². The molecule has 1 saturated heterocycles. The topological polar surface area (TPSA) is 55.6 Å². The van der Waals surface area contributed by atoms with Crippen LogP contribution in [0, 0.1) is 5.92 Å². The van der Waals surface area contributed by atoms with E-state index in [2.05, 4.69) is 0 Å². The second-order valence-corrected chi connectivity index (χ2v) is 4.44. The minimum atomic E-state index is -0.0992. The zero-order valence-corrected chi connectivity index (χ0v) is 9.90. The third-order valence-electron chi connectivity index (χ3n) is 3.26. The highest BCUT2D eigenvalue weighted by atomic mass is 16.5. The maximum absolute atomic E-state index is 12.0. The molecule has 0 bridgehead atoms. The molecule has 2 N–H and O–H groups in total. The van der Waals surface area contributed by atoms with Gasteiger partial charge in [0.05, 0.1) is 5.92 Å². The minimum Gasteiger partial charge on any atom is -0.381 e. The van der Waals surface area contributed by atoms with E-state index in [9.17, 15) is 4.79 Å². The maximum Gasteiger partial charge on any atom is 0.226 e. The lowest BCUT2D eigenvalue weighted by molar-refractivity contribution is -0.137. The Hall–Kier alpha value is -0.610. The Kier molecular flexibility index (Phi) is 4.54. The molecule has 1 aliphatic heterocycles. The van der Waals surface area contributed by atoms with Crippen molar-refractivity contribution in [2.24, 2.45) is 11.7 Å². The van der Waals surface area contributed by atoms with Gasteiger partial charge in [0.15, 0.2) is 0 Å². The third kappa shape index (κ3) is 3.18. The molecule has 4 nitrogen and oxygen atoms in total. The Balaban J connectivity index is 2.50. The number of nitrogens with two attached hydrogens (primary N) is 1. The average Bonchev–Trinajstić information content (AvgIpc) is 2.27. The summed E-state index contributed by atoms with van der Waals surface area (Å²) < 4.78 is 5.27. The van der Waals surface area contributed by atoms with Crippen LogP contribution in [0.2, 0.25) is 0 Å². The standard InChI is InChI=1S/C11H22N2O2/c1-8(9(2)12)11(14)13(3)10-4-6-15-7-5-10/h8-10H,4-7,12H2,1-3H3. The summed E-state index contributed by atoms with van der Waals surface area (Å²) in [5.41, 5.74) is 5.73. The van der Waals surface area contributed by atoms with Gasteiger partial charge < -0.3 is 15.4 Å². The van der Waals surface area contributed by atoms with Gasteiger partial charge in [-0.3, -0.25) is 4.79 Å². The first-order valence-corrected chi connectivity index (χ1v) is 5.64. The van der Waals surface area contributed by atoms with Crippen molar-refractivity contribution in [1.82, 2.24) is 4.90 Å². The molecule has 1 amide bonds. The van der Waals surface area contributed by atoms with Gasteiger partial charge in [-0.1, -0.05) is 6.92 Å². The molecule has 1 aliphatic rings. The molecule has 0 spiro atoms. The molecule has 2 atom stereocenters. The molecule has 0 aromatic rings. The Morgan fingerprint density at radius 1 is 1.40 bits per heavy atom. The molecule has 88 valence electrons. The van der Waals surface area contributed by atoms with Crippen LogP contribution in [0.4, 0.5) is 0 Å². The van der Waals surface area contributed by atoms with Crippen LogP contribution in [-0.4, -0.2) is 43.2 Å². The maximum atomic E-state index is 12.0. The summed E-state index contributed by atoms with van der Waals surface area (Å²) in [6.07, 6.45) is 1.88. The van der Waals surface area contributed by atoms with Crippen LogP contribution < -0.4 is 5.73 Å². The molecule has 1 heterocycles. The van der Waals surface area contributed by atoms with Crippen molar-refractivity contribution in [3.8, 4) is 0 Å². The number of amides is 1. The summed E-state index contributed by atoms with van der Waals surface area (Å²) in [6, 6.07) is 0.243. The Bertz CT molecular complexity index is 213. The van der Waals surface area contributed by atoms with Gasteiger partial charge in [-0.05, 0) is 19.8 Å². The lowest BCUT2D eigenvalue weighted by Gasteiger charge is -2.33. The third-order valence-corrected chi connectivity index (χ3v) is 3.26. The number of hydrogen-bond donors (Lipinski definition) is 1. The smallest absolute Gasteiger partial charge is 0.226 e. The molecule has 1 fully saturated rings. The van der Waals surface area contributed by atoms with E-state index in [1.807, 2.05) is 25.8 Å². The first-order valence-electron chi connectivity index (χ1n) is 5.64. The van der Waals surface area contributed by atoms with E-state index in [1.165, 1.54) is 0 Å². The second-order valence-electron chi connectivity index (χ2n) is 4.44. The number of rotatable bonds is 3. The van der Waals surface area contributed by atoms with Gasteiger partial charge in [-0.15, -0.1) is 0 Å². The highest BCUT2D eigenvalue weighted by Gasteiger charge is 2.27. The number of carbonyl (C=O) groups is 1. The first-order chi connectivity index (χ1) is 7.04. The Morgan fingerprint density at radius 3 is 2.40 bits per heavy atom. The van der Waals surface area contributed by atoms with Crippen molar-refractivity contribution in [1.29, 1.82) is 0 Å². The van der Waals surface area contributed by atoms with Gasteiger partial charge in [0, 0.05) is 32.3 Å². The molecule has 15 heavy (non-hydrogen) atoms. The summed E-state index contributed by atoms with van der Waals surface area (Å²) in [4.78, 5) is 13.8. The fraction of sp³-hybridized carbons (Fsp3) is 0.909. The van der Waals surface area contributed by atoms with E-state index in [-0.39, 0.29) is 17.9 Å². The predicted molar refractivity (Wildman–Crippen MR) is 59.4 cm³/mol. The monoisotopic (exact) mass is 214 g/mol. The van der Waals surface area contributed by atoms with E-state index in [0.717, 1.165) is 26.1 Å². The van der Waals surface area contributed by atoms with Crippen molar-refractivity contribution >= 4 is 5.91 Å². The molecule has 0 aromatic heterocycles. The zero-order chi connectivity index (χ0) is 11.4. The number of ether oxygens (including phenoxy) is 1. The fourth-order valence-electron chi connectivity index (χ4n) is 1.80. The van der Waals surface area contributed by atoms with E-state index in [0.29, 0.717) is 6.04 Å². The molecule has 0 radical (unpaired) electrons. The molecule has 2 unspecified atom stereocenters. The summed E-state index contributed by atoms with van der Waals surface area (Å²) >= 11 is 0. The van der Waals surface area contributed by atoms with Gasteiger partial charge in [-0.25, -0.2) is 0 Å². The number of hydrogen-bond acceptors (Lipinski definition) is 3. The average molecular weight is 214 g/mol. The van der Waals surface area contributed by atoms with Crippen molar-refractivity contribution in [3.63, 3.8) is 0 Å². The van der Waals surface area contributed by atoms with Crippen LogP contribution in [0.5, 0.6) is 0 Å². The van der Waals surface area contributed by atoms with Crippen LogP contribution >= 0.6 is 0 Å². The van der Waals surface area contributed by atoms with E-state index >= 15 is 0 Å². The predicted octanol–water partition coefficient (Wildman–Crippen LogP) is 0.607. The normalized spacial score (nSPS) is 22.1. The van der Waals surface area contributed by atoms with E-state index in [4.69, 9.17) is 10.5 Å². The SMILES string of the molecule is CC(N)C(C)C(=O)N(C)C1CCOCC1. The molecule has 4 heteroatoms. The molecule has 0 saturated carbocycles.